The smallest absolute Gasteiger partial charge is 0.163 e. The van der Waals surface area contributed by atoms with Crippen molar-refractivity contribution in [2.75, 3.05) is 0 Å². The Kier molecular flexibility index (Phi) is 4.36. The fourth-order valence-corrected chi connectivity index (χ4v) is 1.96. The first-order valence-electron chi connectivity index (χ1n) is 5.87. The molecule has 1 atom stereocenters. The lowest BCUT2D eigenvalue weighted by Gasteiger charge is -2.17. The number of nitrogens with two attached hydrogens (primary N) is 1. The molecule has 1 unspecified atom stereocenters. The second kappa shape index (κ2) is 6.02. The number of hydrogen-bond acceptors (Lipinski definition) is 2. The molecular weight excluding hydrogens is 272 g/mol. The number of hydrogen-bond donors (Lipinski definition) is 2. The third kappa shape index (κ3) is 2.97. The third-order valence-corrected chi connectivity index (χ3v) is 3.00. The second-order valence-corrected chi connectivity index (χ2v) is 4.30. The lowest BCUT2D eigenvalue weighted by molar-refractivity contribution is 0.459. The van der Waals surface area contributed by atoms with Crippen LogP contribution in [-0.4, -0.2) is 0 Å². The van der Waals surface area contributed by atoms with Gasteiger partial charge in [0.05, 0.1) is 6.04 Å². The van der Waals surface area contributed by atoms with Crippen LogP contribution in [0.15, 0.2) is 36.4 Å². The van der Waals surface area contributed by atoms with Gasteiger partial charge in [-0.15, -0.1) is 0 Å². The standard InChI is InChI=1S/C14H12F4N2/c15-9-5-4-8(12(17)7-9)6-13(20-19)10-2-1-3-11(16)14(10)18/h1-5,7,13,20H,6,19H2. The Labute approximate surface area is 113 Å². The molecular formula is C14H12F4N2. The van der Waals surface area contributed by atoms with E-state index >= 15 is 0 Å². The van der Waals surface area contributed by atoms with Crippen molar-refractivity contribution in [3.8, 4) is 0 Å². The van der Waals surface area contributed by atoms with Crippen LogP contribution in [0.3, 0.4) is 0 Å². The Balaban J connectivity index is 2.31. The van der Waals surface area contributed by atoms with Gasteiger partial charge in [-0.3, -0.25) is 11.3 Å². The van der Waals surface area contributed by atoms with Crippen molar-refractivity contribution < 1.29 is 17.6 Å². The molecule has 0 spiro atoms. The Hall–Kier alpha value is -1.92. The van der Waals surface area contributed by atoms with Crippen LogP contribution in [0.4, 0.5) is 17.6 Å². The highest BCUT2D eigenvalue weighted by atomic mass is 19.2. The van der Waals surface area contributed by atoms with Crippen molar-refractivity contribution in [3.05, 3.63) is 70.8 Å². The quantitative estimate of drug-likeness (QED) is 0.514. The normalized spacial score (nSPS) is 12.4. The van der Waals surface area contributed by atoms with Gasteiger partial charge in [-0.1, -0.05) is 18.2 Å². The lowest BCUT2D eigenvalue weighted by atomic mass is 9.98. The summed E-state index contributed by atoms with van der Waals surface area (Å²) >= 11 is 0. The predicted molar refractivity (Wildman–Crippen MR) is 66.5 cm³/mol. The first kappa shape index (κ1) is 14.5. The average molecular weight is 284 g/mol. The van der Waals surface area contributed by atoms with Gasteiger partial charge < -0.3 is 0 Å². The number of rotatable bonds is 4. The molecule has 2 aromatic rings. The highest BCUT2D eigenvalue weighted by molar-refractivity contribution is 5.26. The molecule has 0 aliphatic carbocycles. The van der Waals surface area contributed by atoms with Crippen molar-refractivity contribution in [2.45, 2.75) is 12.5 Å². The van der Waals surface area contributed by atoms with Crippen molar-refractivity contribution in [3.63, 3.8) is 0 Å². The number of nitrogens with one attached hydrogen (secondary N) is 1. The highest BCUT2D eigenvalue weighted by Gasteiger charge is 2.19. The van der Waals surface area contributed by atoms with Gasteiger partial charge in [0.2, 0.25) is 0 Å². The van der Waals surface area contributed by atoms with E-state index in [9.17, 15) is 17.6 Å². The molecule has 2 aromatic carbocycles. The van der Waals surface area contributed by atoms with E-state index in [4.69, 9.17) is 5.84 Å². The van der Waals surface area contributed by atoms with Gasteiger partial charge in [0.25, 0.3) is 0 Å². The van der Waals surface area contributed by atoms with E-state index in [-0.39, 0.29) is 17.5 Å². The van der Waals surface area contributed by atoms with Crippen molar-refractivity contribution in [2.24, 2.45) is 5.84 Å². The summed E-state index contributed by atoms with van der Waals surface area (Å²) in [7, 11) is 0. The van der Waals surface area contributed by atoms with E-state index in [0.29, 0.717) is 0 Å². The summed E-state index contributed by atoms with van der Waals surface area (Å²) in [6.45, 7) is 0. The van der Waals surface area contributed by atoms with Crippen molar-refractivity contribution >= 4 is 0 Å². The van der Waals surface area contributed by atoms with E-state index in [1.807, 2.05) is 0 Å². The first-order valence-corrected chi connectivity index (χ1v) is 5.87. The number of benzene rings is 2. The van der Waals surface area contributed by atoms with E-state index in [1.54, 1.807) is 0 Å². The first-order chi connectivity index (χ1) is 9.52. The van der Waals surface area contributed by atoms with Crippen LogP contribution in [-0.2, 0) is 6.42 Å². The molecule has 106 valence electrons. The largest absolute Gasteiger partial charge is 0.271 e. The zero-order valence-electron chi connectivity index (χ0n) is 10.3. The molecule has 0 aromatic heterocycles. The van der Waals surface area contributed by atoms with E-state index < -0.39 is 29.3 Å². The van der Waals surface area contributed by atoms with Crippen LogP contribution >= 0.6 is 0 Å². The molecule has 0 bridgehead atoms. The molecule has 0 amide bonds. The SMILES string of the molecule is NNC(Cc1ccc(F)cc1F)c1cccc(F)c1F. The fourth-order valence-electron chi connectivity index (χ4n) is 1.96. The zero-order chi connectivity index (χ0) is 14.7. The minimum Gasteiger partial charge on any atom is -0.271 e. The van der Waals surface area contributed by atoms with Crippen LogP contribution in [0.2, 0.25) is 0 Å². The van der Waals surface area contributed by atoms with Gasteiger partial charge >= 0.3 is 0 Å². The molecule has 0 heterocycles. The van der Waals surface area contributed by atoms with Crippen LogP contribution < -0.4 is 11.3 Å². The molecule has 20 heavy (non-hydrogen) atoms. The van der Waals surface area contributed by atoms with Crippen LogP contribution in [0, 0.1) is 23.3 Å². The molecule has 0 aliphatic heterocycles. The van der Waals surface area contributed by atoms with Gasteiger partial charge in [-0.05, 0) is 24.1 Å². The summed E-state index contributed by atoms with van der Waals surface area (Å²) in [4.78, 5) is 0. The monoisotopic (exact) mass is 284 g/mol. The molecule has 2 nitrogen and oxygen atoms in total. The Morgan fingerprint density at radius 2 is 1.75 bits per heavy atom. The summed E-state index contributed by atoms with van der Waals surface area (Å²) in [5.74, 6) is 1.79. The molecule has 6 heteroatoms. The van der Waals surface area contributed by atoms with Crippen LogP contribution in [0.1, 0.15) is 17.2 Å². The minimum atomic E-state index is -1.04. The summed E-state index contributed by atoms with van der Waals surface area (Å²) in [5.41, 5.74) is 2.44. The molecule has 0 radical (unpaired) electrons. The predicted octanol–water partition coefficient (Wildman–Crippen LogP) is 2.99. The number of hydrazine groups is 1. The van der Waals surface area contributed by atoms with E-state index in [1.165, 1.54) is 18.2 Å². The molecule has 2 rings (SSSR count). The van der Waals surface area contributed by atoms with Crippen LogP contribution in [0.25, 0.3) is 0 Å². The maximum absolute atomic E-state index is 13.7. The molecule has 0 fully saturated rings. The molecule has 0 aliphatic rings. The average Bonchev–Trinajstić information content (AvgIpc) is 2.42. The van der Waals surface area contributed by atoms with Gasteiger partial charge in [0.15, 0.2) is 11.6 Å². The van der Waals surface area contributed by atoms with Crippen molar-refractivity contribution in [1.29, 1.82) is 0 Å². The maximum Gasteiger partial charge on any atom is 0.163 e. The molecule has 0 saturated heterocycles. The maximum atomic E-state index is 13.7. The van der Waals surface area contributed by atoms with Gasteiger partial charge in [-0.25, -0.2) is 17.6 Å². The Morgan fingerprint density at radius 3 is 2.40 bits per heavy atom. The third-order valence-electron chi connectivity index (χ3n) is 3.00. The summed E-state index contributed by atoms with van der Waals surface area (Å²) in [6.07, 6.45) is -0.0387. The zero-order valence-corrected chi connectivity index (χ0v) is 10.3. The highest BCUT2D eigenvalue weighted by Crippen LogP contribution is 2.23. The van der Waals surface area contributed by atoms with Gasteiger partial charge in [0, 0.05) is 11.6 Å². The minimum absolute atomic E-state index is 0.0174. The van der Waals surface area contributed by atoms with Crippen LogP contribution in [0.5, 0.6) is 0 Å². The summed E-state index contributed by atoms with van der Waals surface area (Å²) in [6, 6.07) is 5.89. The summed E-state index contributed by atoms with van der Waals surface area (Å²) in [5, 5.41) is 0. The van der Waals surface area contributed by atoms with E-state index in [2.05, 4.69) is 5.43 Å². The Bertz CT molecular complexity index is 616. The molecule has 3 N–H and O–H groups in total. The Morgan fingerprint density at radius 1 is 1.00 bits per heavy atom. The lowest BCUT2D eigenvalue weighted by Crippen LogP contribution is -2.30. The topological polar surface area (TPSA) is 38.0 Å². The molecule has 0 saturated carbocycles. The second-order valence-electron chi connectivity index (χ2n) is 4.30. The van der Waals surface area contributed by atoms with Gasteiger partial charge in [-0.2, -0.15) is 0 Å². The number of halogens is 4. The van der Waals surface area contributed by atoms with Crippen molar-refractivity contribution in [1.82, 2.24) is 5.43 Å². The summed E-state index contributed by atoms with van der Waals surface area (Å²) < 4.78 is 53.2. The van der Waals surface area contributed by atoms with Gasteiger partial charge in [0.1, 0.15) is 11.6 Å². The van der Waals surface area contributed by atoms with E-state index in [0.717, 1.165) is 18.2 Å². The fraction of sp³-hybridized carbons (Fsp3) is 0.143.